The number of rotatable bonds is 1. The number of nitrogens with zero attached hydrogens (tertiary/aromatic N) is 3. The van der Waals surface area contributed by atoms with Crippen molar-refractivity contribution in [1.82, 2.24) is 14.0 Å². The Kier molecular flexibility index (Phi) is 7.27. The Balaban J connectivity index is 1.18. The van der Waals surface area contributed by atoms with Gasteiger partial charge in [0.2, 0.25) is 0 Å². The Morgan fingerprint density at radius 1 is 0.483 bits per heavy atom. The molecule has 60 heavy (non-hydrogen) atoms. The first-order chi connectivity index (χ1) is 28.6. The first-order valence-electron chi connectivity index (χ1n) is 21.5. The number of hydrogen-bond donors (Lipinski definition) is 0. The van der Waals surface area contributed by atoms with Crippen molar-refractivity contribution in [2.24, 2.45) is 0 Å². The van der Waals surface area contributed by atoms with Crippen LogP contribution < -0.4 is 25.3 Å². The summed E-state index contributed by atoms with van der Waals surface area (Å²) in [4.78, 5) is 5.29. The molecule has 0 N–H and O–H groups in total. The van der Waals surface area contributed by atoms with E-state index in [1.165, 1.54) is 102 Å². The summed E-state index contributed by atoms with van der Waals surface area (Å²) in [5.74, 6) is 0. The van der Waals surface area contributed by atoms with E-state index in [2.05, 4.69) is 199 Å². The van der Waals surface area contributed by atoms with E-state index in [1.807, 2.05) is 0 Å². The molecule has 0 saturated heterocycles. The van der Waals surface area contributed by atoms with Gasteiger partial charge in [0.25, 0.3) is 0 Å². The van der Waals surface area contributed by atoms with Crippen molar-refractivity contribution >= 4 is 107 Å². The number of fused-ring (bicyclic) bond motifs is 15. The van der Waals surface area contributed by atoms with Crippen LogP contribution >= 0.6 is 0 Å². The van der Waals surface area contributed by atoms with Crippen LogP contribution in [-0.4, -0.2) is 35.6 Å². The number of aromatic nitrogens is 3. The molecule has 0 radical (unpaired) electrons. The normalized spacial score (nSPS) is 14.0. The van der Waals surface area contributed by atoms with Crippen LogP contribution in [0.5, 0.6) is 0 Å². The molecule has 0 spiro atoms. The third kappa shape index (κ3) is 5.06. The molecule has 10 aromatic rings. The fourth-order valence-electron chi connectivity index (χ4n) is 10.3. The number of benzene rings is 7. The van der Waals surface area contributed by atoms with E-state index < -0.39 is 0 Å². The molecule has 2 aliphatic rings. The van der Waals surface area contributed by atoms with Crippen molar-refractivity contribution in [3.05, 3.63) is 144 Å². The van der Waals surface area contributed by atoms with Gasteiger partial charge in [-0.3, -0.25) is 0 Å². The van der Waals surface area contributed by atoms with Gasteiger partial charge in [-0.1, -0.05) is 0 Å². The summed E-state index contributed by atoms with van der Waals surface area (Å²) in [5.41, 5.74) is 19.5. The van der Waals surface area contributed by atoms with Crippen molar-refractivity contribution < 1.29 is 0 Å². The molecule has 0 amide bonds. The molecular weight excluding hydrogens is 792 g/mol. The van der Waals surface area contributed by atoms with Crippen molar-refractivity contribution in [1.29, 1.82) is 0 Å². The van der Waals surface area contributed by atoms with Crippen LogP contribution in [0.1, 0.15) is 79.0 Å². The van der Waals surface area contributed by atoms with Crippen LogP contribution in [0.2, 0.25) is 0 Å². The second-order valence-corrected chi connectivity index (χ2v) is 22.8. The van der Waals surface area contributed by atoms with Crippen molar-refractivity contribution in [3.63, 3.8) is 0 Å². The summed E-state index contributed by atoms with van der Waals surface area (Å²) in [6.07, 6.45) is 0. The molecular formula is C55H48BN3Se. The summed E-state index contributed by atoms with van der Waals surface area (Å²) < 4.78 is 8.03. The predicted octanol–water partition coefficient (Wildman–Crippen LogP) is 10.2. The summed E-state index contributed by atoms with van der Waals surface area (Å²) in [6, 6.07) is 49.3. The summed E-state index contributed by atoms with van der Waals surface area (Å²) in [6.45, 7) is 21.3. The van der Waals surface area contributed by atoms with Crippen LogP contribution in [-0.2, 0) is 16.2 Å². The van der Waals surface area contributed by atoms with Gasteiger partial charge < -0.3 is 0 Å². The second kappa shape index (κ2) is 12.0. The zero-order chi connectivity index (χ0) is 41.2. The van der Waals surface area contributed by atoms with Gasteiger partial charge in [0.05, 0.1) is 0 Å². The summed E-state index contributed by atoms with van der Waals surface area (Å²) in [7, 11) is 0. The number of hydrogen-bond acceptors (Lipinski definition) is 1. The first-order valence-corrected chi connectivity index (χ1v) is 23.2. The Hall–Kier alpha value is -5.61. The van der Waals surface area contributed by atoms with Gasteiger partial charge in [0.15, 0.2) is 0 Å². The SMILES string of the molecule is CC(C)(C)c1ccc2c(c1)B1c3c(cc(-c4ccc5nc6c7ccccc7c7ccccc7n6c5c4)cc3-n3c4ccc(C(C)(C)C)cc4c4cc(C(C)(C)C)cc1c43)[Se]2. The van der Waals surface area contributed by atoms with E-state index in [0.29, 0.717) is 0 Å². The first kappa shape index (κ1) is 36.3. The van der Waals surface area contributed by atoms with Crippen LogP contribution in [0.15, 0.2) is 127 Å². The van der Waals surface area contributed by atoms with Gasteiger partial charge in [-0.15, -0.1) is 0 Å². The molecule has 0 bridgehead atoms. The third-order valence-corrected chi connectivity index (χ3v) is 16.0. The molecule has 292 valence electrons. The molecule has 0 atom stereocenters. The van der Waals surface area contributed by atoms with E-state index >= 15 is 0 Å². The van der Waals surface area contributed by atoms with Crippen molar-refractivity contribution in [3.8, 4) is 16.8 Å². The van der Waals surface area contributed by atoms with Crippen LogP contribution in [0, 0.1) is 0 Å². The van der Waals surface area contributed by atoms with Gasteiger partial charge in [0.1, 0.15) is 0 Å². The minimum atomic E-state index is -0.00347. The average Bonchev–Trinajstić information content (AvgIpc) is 3.77. The fourth-order valence-corrected chi connectivity index (χ4v) is 12.8. The van der Waals surface area contributed by atoms with Gasteiger partial charge in [0, 0.05) is 0 Å². The van der Waals surface area contributed by atoms with Gasteiger partial charge >= 0.3 is 361 Å². The molecule has 5 heteroatoms. The number of pyridine rings is 1. The van der Waals surface area contributed by atoms with Crippen molar-refractivity contribution in [2.45, 2.75) is 78.6 Å². The fraction of sp³-hybridized carbons (Fsp3) is 0.218. The summed E-state index contributed by atoms with van der Waals surface area (Å²) >= 11 is 0.130. The maximum absolute atomic E-state index is 5.29. The quantitative estimate of drug-likeness (QED) is 0.119. The van der Waals surface area contributed by atoms with Crippen molar-refractivity contribution in [2.75, 3.05) is 0 Å². The van der Waals surface area contributed by atoms with E-state index in [0.717, 1.165) is 16.7 Å². The minimum absolute atomic E-state index is 0.00347. The van der Waals surface area contributed by atoms with Crippen LogP contribution in [0.3, 0.4) is 0 Å². The molecule has 5 heterocycles. The topological polar surface area (TPSA) is 22.2 Å². The Morgan fingerprint density at radius 3 is 1.92 bits per heavy atom. The second-order valence-electron chi connectivity index (χ2n) is 20.5. The summed E-state index contributed by atoms with van der Waals surface area (Å²) in [5, 5.41) is 6.39. The molecule has 3 aromatic heterocycles. The van der Waals surface area contributed by atoms with Crippen LogP contribution in [0.25, 0.3) is 77.0 Å². The standard InChI is InChI=1S/C55H48BN3Se/c1-53(2,3)33-19-22-45-39(27-33)40-28-35(55(7,8)9)30-42-51(40)58(45)47-25-32(26-49-50(47)56(42)41-29-34(54(4,5)6)20-23-48(41)60-49)31-18-21-43-46(24-31)59-44-17-13-12-15-37(44)36-14-10-11-16-38(36)52(59)57-43/h10-30H,1-9H3. The molecule has 7 aromatic carbocycles. The predicted molar refractivity (Wildman–Crippen MR) is 260 cm³/mol. The zero-order valence-corrected chi connectivity index (χ0v) is 37.7. The Labute approximate surface area is 358 Å². The monoisotopic (exact) mass is 841 g/mol. The van der Waals surface area contributed by atoms with E-state index in [9.17, 15) is 0 Å². The van der Waals surface area contributed by atoms with E-state index in [-0.39, 0.29) is 37.9 Å². The number of para-hydroxylation sites is 1. The van der Waals surface area contributed by atoms with Gasteiger partial charge in [-0.25, -0.2) is 0 Å². The van der Waals surface area contributed by atoms with Crippen LogP contribution in [0.4, 0.5) is 0 Å². The molecule has 2 aliphatic heterocycles. The van der Waals surface area contributed by atoms with Gasteiger partial charge in [-0.2, -0.15) is 0 Å². The molecule has 0 aliphatic carbocycles. The van der Waals surface area contributed by atoms with Gasteiger partial charge in [-0.05, 0) is 0 Å². The Bertz CT molecular complexity index is 3530. The third-order valence-electron chi connectivity index (χ3n) is 13.6. The average molecular weight is 841 g/mol. The molecule has 12 rings (SSSR count). The zero-order valence-electron chi connectivity index (χ0n) is 36.0. The van der Waals surface area contributed by atoms with E-state index in [4.69, 9.17) is 4.98 Å². The van der Waals surface area contributed by atoms with E-state index in [1.54, 1.807) is 0 Å². The Morgan fingerprint density at radius 2 is 1.15 bits per heavy atom. The maximum atomic E-state index is 5.29. The molecule has 0 unspecified atom stereocenters. The molecule has 3 nitrogen and oxygen atoms in total. The molecule has 0 saturated carbocycles. The molecule has 0 fully saturated rings. The number of imidazole rings is 1.